The predicted molar refractivity (Wildman–Crippen MR) is 63.3 cm³/mol. The summed E-state index contributed by atoms with van der Waals surface area (Å²) in [6.45, 7) is 3.97. The van der Waals surface area contributed by atoms with Crippen molar-refractivity contribution in [2.45, 2.75) is 12.5 Å². The van der Waals surface area contributed by atoms with Crippen LogP contribution in [0.25, 0.3) is 0 Å². The fourth-order valence-electron chi connectivity index (χ4n) is 1.66. The monoisotopic (exact) mass is 240 g/mol. The molecule has 0 spiro atoms. The zero-order valence-electron chi connectivity index (χ0n) is 10.2. The minimum absolute atomic E-state index is 0.0792. The van der Waals surface area contributed by atoms with E-state index in [4.69, 9.17) is 10.00 Å². The average Bonchev–Trinajstić information content (AvgIpc) is 2.29. The Kier molecular flexibility index (Phi) is 6.55. The zero-order chi connectivity index (χ0) is 12.5. The van der Waals surface area contributed by atoms with E-state index in [-0.39, 0.29) is 18.6 Å². The molecule has 0 saturated carbocycles. The number of likely N-dealkylation sites (N-methyl/N-ethyl adjacent to an activating group) is 1. The standard InChI is InChI=1S/C11H20N4O2/c1-15-5-6-17-10(9-15)7-13-8-11(16)14-4-2-3-12/h10,13H,2,4-9H2,1H3,(H,14,16)/t10-/m0/s1. The maximum absolute atomic E-state index is 11.3. The lowest BCUT2D eigenvalue weighted by Gasteiger charge is -2.30. The summed E-state index contributed by atoms with van der Waals surface area (Å²) >= 11 is 0. The van der Waals surface area contributed by atoms with Gasteiger partial charge in [0.25, 0.3) is 0 Å². The number of hydrogen-bond donors (Lipinski definition) is 2. The molecule has 1 rings (SSSR count). The van der Waals surface area contributed by atoms with Gasteiger partial charge < -0.3 is 20.3 Å². The van der Waals surface area contributed by atoms with Gasteiger partial charge in [-0.05, 0) is 7.05 Å². The van der Waals surface area contributed by atoms with Crippen molar-refractivity contribution in [2.75, 3.05) is 46.4 Å². The van der Waals surface area contributed by atoms with E-state index in [1.807, 2.05) is 6.07 Å². The van der Waals surface area contributed by atoms with Gasteiger partial charge in [0.1, 0.15) is 0 Å². The Labute approximate surface area is 102 Å². The number of morpholine rings is 1. The van der Waals surface area contributed by atoms with Crippen molar-refractivity contribution in [2.24, 2.45) is 0 Å². The topological polar surface area (TPSA) is 77.4 Å². The minimum Gasteiger partial charge on any atom is -0.374 e. The van der Waals surface area contributed by atoms with Gasteiger partial charge in [0.15, 0.2) is 0 Å². The van der Waals surface area contributed by atoms with Crippen LogP contribution in [0.4, 0.5) is 0 Å². The normalized spacial score (nSPS) is 20.8. The second kappa shape index (κ2) is 8.01. The third kappa shape index (κ3) is 6.22. The maximum atomic E-state index is 11.3. The van der Waals surface area contributed by atoms with Gasteiger partial charge in [0.05, 0.1) is 31.7 Å². The minimum atomic E-state index is -0.0792. The Bertz CT molecular complexity index is 277. The van der Waals surface area contributed by atoms with Gasteiger partial charge >= 0.3 is 0 Å². The van der Waals surface area contributed by atoms with Crippen LogP contribution in [0.3, 0.4) is 0 Å². The van der Waals surface area contributed by atoms with Crippen molar-refractivity contribution in [3.63, 3.8) is 0 Å². The van der Waals surface area contributed by atoms with E-state index in [0.29, 0.717) is 19.5 Å². The van der Waals surface area contributed by atoms with E-state index in [2.05, 4.69) is 22.6 Å². The SMILES string of the molecule is CN1CCO[C@@H](CNCC(=O)NCCC#N)C1. The average molecular weight is 240 g/mol. The van der Waals surface area contributed by atoms with E-state index >= 15 is 0 Å². The lowest BCUT2D eigenvalue weighted by molar-refractivity contribution is -0.120. The van der Waals surface area contributed by atoms with Gasteiger partial charge in [0, 0.05) is 26.2 Å². The highest BCUT2D eigenvalue weighted by Crippen LogP contribution is 2.00. The first-order valence-electron chi connectivity index (χ1n) is 5.87. The van der Waals surface area contributed by atoms with Gasteiger partial charge in [-0.15, -0.1) is 0 Å². The van der Waals surface area contributed by atoms with Crippen LogP contribution in [0.15, 0.2) is 0 Å². The van der Waals surface area contributed by atoms with E-state index < -0.39 is 0 Å². The number of amides is 1. The Hall–Kier alpha value is -1.16. The summed E-state index contributed by atoms with van der Waals surface area (Å²) in [6.07, 6.45) is 0.503. The van der Waals surface area contributed by atoms with Crippen molar-refractivity contribution in [3.8, 4) is 6.07 Å². The lowest BCUT2D eigenvalue weighted by Crippen LogP contribution is -2.46. The summed E-state index contributed by atoms with van der Waals surface area (Å²) in [6, 6.07) is 1.98. The Morgan fingerprint density at radius 3 is 3.18 bits per heavy atom. The molecule has 0 aromatic carbocycles. The molecule has 0 aromatic heterocycles. The molecule has 1 fully saturated rings. The molecule has 1 atom stereocenters. The van der Waals surface area contributed by atoms with E-state index in [0.717, 1.165) is 19.7 Å². The predicted octanol–water partition coefficient (Wildman–Crippen LogP) is -1.06. The molecule has 0 radical (unpaired) electrons. The van der Waals surface area contributed by atoms with Crippen LogP contribution in [0, 0.1) is 11.3 Å². The van der Waals surface area contributed by atoms with Gasteiger partial charge in [-0.1, -0.05) is 0 Å². The molecule has 1 heterocycles. The van der Waals surface area contributed by atoms with Crippen LogP contribution in [0.5, 0.6) is 0 Å². The molecule has 1 amide bonds. The lowest BCUT2D eigenvalue weighted by atomic mass is 10.3. The van der Waals surface area contributed by atoms with Gasteiger partial charge in [0.2, 0.25) is 5.91 Å². The number of ether oxygens (including phenoxy) is 1. The van der Waals surface area contributed by atoms with Crippen LogP contribution in [0.2, 0.25) is 0 Å². The molecule has 0 unspecified atom stereocenters. The summed E-state index contributed by atoms with van der Waals surface area (Å²) in [5, 5.41) is 14.0. The molecule has 17 heavy (non-hydrogen) atoms. The highest BCUT2D eigenvalue weighted by molar-refractivity contribution is 5.77. The molecule has 1 aliphatic heterocycles. The molecule has 0 aromatic rings. The van der Waals surface area contributed by atoms with Crippen LogP contribution >= 0.6 is 0 Å². The number of hydrogen-bond acceptors (Lipinski definition) is 5. The van der Waals surface area contributed by atoms with Crippen molar-refractivity contribution >= 4 is 5.91 Å². The first-order valence-corrected chi connectivity index (χ1v) is 5.87. The van der Waals surface area contributed by atoms with Crippen LogP contribution < -0.4 is 10.6 Å². The number of nitrogens with zero attached hydrogens (tertiary/aromatic N) is 2. The summed E-state index contributed by atoms with van der Waals surface area (Å²) in [5.41, 5.74) is 0. The summed E-state index contributed by atoms with van der Waals surface area (Å²) in [5.74, 6) is -0.0792. The summed E-state index contributed by atoms with van der Waals surface area (Å²) in [4.78, 5) is 13.5. The summed E-state index contributed by atoms with van der Waals surface area (Å²) < 4.78 is 5.55. The fraction of sp³-hybridized carbons (Fsp3) is 0.818. The number of carbonyl (C=O) groups excluding carboxylic acids is 1. The third-order valence-corrected chi connectivity index (χ3v) is 2.56. The van der Waals surface area contributed by atoms with Gasteiger partial charge in [-0.25, -0.2) is 0 Å². The molecule has 1 saturated heterocycles. The Morgan fingerprint density at radius 2 is 2.47 bits per heavy atom. The van der Waals surface area contributed by atoms with Crippen LogP contribution in [0.1, 0.15) is 6.42 Å². The molecule has 2 N–H and O–H groups in total. The smallest absolute Gasteiger partial charge is 0.233 e. The molecular weight excluding hydrogens is 220 g/mol. The second-order valence-electron chi connectivity index (χ2n) is 4.14. The molecular formula is C11H20N4O2. The Morgan fingerprint density at radius 1 is 1.65 bits per heavy atom. The third-order valence-electron chi connectivity index (χ3n) is 2.56. The Balaban J connectivity index is 2.03. The zero-order valence-corrected chi connectivity index (χ0v) is 10.2. The van der Waals surface area contributed by atoms with Gasteiger partial charge in [-0.3, -0.25) is 4.79 Å². The molecule has 1 aliphatic rings. The number of nitriles is 1. The highest BCUT2D eigenvalue weighted by atomic mass is 16.5. The number of carbonyl (C=O) groups is 1. The highest BCUT2D eigenvalue weighted by Gasteiger charge is 2.17. The van der Waals surface area contributed by atoms with Crippen molar-refractivity contribution in [1.29, 1.82) is 5.26 Å². The molecule has 96 valence electrons. The molecule has 6 heteroatoms. The largest absolute Gasteiger partial charge is 0.374 e. The van der Waals surface area contributed by atoms with Gasteiger partial charge in [-0.2, -0.15) is 5.26 Å². The van der Waals surface area contributed by atoms with Crippen molar-refractivity contribution in [3.05, 3.63) is 0 Å². The molecule has 0 bridgehead atoms. The maximum Gasteiger partial charge on any atom is 0.233 e. The first kappa shape index (κ1) is 13.9. The summed E-state index contributed by atoms with van der Waals surface area (Å²) in [7, 11) is 2.06. The number of rotatable bonds is 6. The van der Waals surface area contributed by atoms with Crippen molar-refractivity contribution < 1.29 is 9.53 Å². The van der Waals surface area contributed by atoms with E-state index in [1.54, 1.807) is 0 Å². The second-order valence-corrected chi connectivity index (χ2v) is 4.14. The number of nitrogens with one attached hydrogen (secondary N) is 2. The van der Waals surface area contributed by atoms with Crippen molar-refractivity contribution in [1.82, 2.24) is 15.5 Å². The fourth-order valence-corrected chi connectivity index (χ4v) is 1.66. The van der Waals surface area contributed by atoms with Crippen LogP contribution in [-0.2, 0) is 9.53 Å². The molecule has 0 aliphatic carbocycles. The first-order chi connectivity index (χ1) is 8.22. The van der Waals surface area contributed by atoms with E-state index in [1.165, 1.54) is 0 Å². The molecule has 6 nitrogen and oxygen atoms in total. The van der Waals surface area contributed by atoms with E-state index in [9.17, 15) is 4.79 Å². The quantitative estimate of drug-likeness (QED) is 0.579. The van der Waals surface area contributed by atoms with Crippen LogP contribution in [-0.4, -0.2) is 63.3 Å².